The third-order valence-corrected chi connectivity index (χ3v) is 2.96. The second-order valence-electron chi connectivity index (χ2n) is 5.09. The molecule has 5 heteroatoms. The van der Waals surface area contributed by atoms with E-state index < -0.39 is 0 Å². The zero-order valence-electron chi connectivity index (χ0n) is 12.2. The van der Waals surface area contributed by atoms with Crippen LogP contribution in [0, 0.1) is 5.92 Å². The van der Waals surface area contributed by atoms with E-state index in [4.69, 9.17) is 9.15 Å². The monoisotopic (exact) mass is 275 g/mol. The predicted molar refractivity (Wildman–Crippen MR) is 77.4 cm³/mol. The van der Waals surface area contributed by atoms with Gasteiger partial charge in [0, 0.05) is 5.56 Å². The first-order chi connectivity index (χ1) is 9.69. The van der Waals surface area contributed by atoms with Crippen molar-refractivity contribution in [1.29, 1.82) is 0 Å². The average molecular weight is 275 g/mol. The van der Waals surface area contributed by atoms with Crippen molar-refractivity contribution in [2.45, 2.75) is 26.8 Å². The molecule has 0 bridgehead atoms. The Kier molecular flexibility index (Phi) is 5.12. The Morgan fingerprint density at radius 3 is 2.90 bits per heavy atom. The molecule has 0 atom stereocenters. The molecule has 2 aromatic rings. The Morgan fingerprint density at radius 1 is 1.30 bits per heavy atom. The standard InChI is InChI=1S/C15H21N3O2/c1-11(2)7-8-16-10-14-17-18-15(20-14)12-5-4-6-13(9-12)19-3/h4-6,9,11,16H,7-8,10H2,1-3H3. The maximum Gasteiger partial charge on any atom is 0.247 e. The van der Waals surface area contributed by atoms with E-state index in [1.165, 1.54) is 0 Å². The van der Waals surface area contributed by atoms with Gasteiger partial charge in [-0.3, -0.25) is 0 Å². The summed E-state index contributed by atoms with van der Waals surface area (Å²) in [5.41, 5.74) is 0.866. The van der Waals surface area contributed by atoms with E-state index in [9.17, 15) is 0 Å². The fraction of sp³-hybridized carbons (Fsp3) is 0.467. The minimum absolute atomic E-state index is 0.518. The van der Waals surface area contributed by atoms with Gasteiger partial charge in [-0.1, -0.05) is 19.9 Å². The fourth-order valence-electron chi connectivity index (χ4n) is 1.78. The molecule has 0 fully saturated rings. The van der Waals surface area contributed by atoms with Crippen molar-refractivity contribution in [3.63, 3.8) is 0 Å². The van der Waals surface area contributed by atoms with E-state index >= 15 is 0 Å². The van der Waals surface area contributed by atoms with Crippen LogP contribution in [0.2, 0.25) is 0 Å². The highest BCUT2D eigenvalue weighted by atomic mass is 16.5. The maximum absolute atomic E-state index is 5.64. The summed E-state index contributed by atoms with van der Waals surface area (Å²) in [7, 11) is 1.64. The maximum atomic E-state index is 5.64. The van der Waals surface area contributed by atoms with E-state index in [2.05, 4.69) is 29.4 Å². The van der Waals surface area contributed by atoms with E-state index in [1.807, 2.05) is 24.3 Å². The van der Waals surface area contributed by atoms with Gasteiger partial charge in [-0.2, -0.15) is 0 Å². The summed E-state index contributed by atoms with van der Waals surface area (Å²) in [6, 6.07) is 7.59. The van der Waals surface area contributed by atoms with Gasteiger partial charge in [0.05, 0.1) is 13.7 Å². The van der Waals surface area contributed by atoms with Crippen LogP contribution in [0.25, 0.3) is 11.5 Å². The van der Waals surface area contributed by atoms with E-state index in [-0.39, 0.29) is 0 Å². The van der Waals surface area contributed by atoms with Gasteiger partial charge in [0.25, 0.3) is 0 Å². The highest BCUT2D eigenvalue weighted by Crippen LogP contribution is 2.22. The predicted octanol–water partition coefficient (Wildman–Crippen LogP) is 2.88. The molecule has 0 aliphatic heterocycles. The number of hydrogen-bond acceptors (Lipinski definition) is 5. The Balaban J connectivity index is 1.94. The first-order valence-corrected chi connectivity index (χ1v) is 6.86. The van der Waals surface area contributed by atoms with Gasteiger partial charge >= 0.3 is 0 Å². The molecule has 0 saturated carbocycles. The second kappa shape index (κ2) is 7.05. The number of hydrogen-bond donors (Lipinski definition) is 1. The second-order valence-corrected chi connectivity index (χ2v) is 5.09. The lowest BCUT2D eigenvalue weighted by Crippen LogP contribution is -2.16. The third-order valence-electron chi connectivity index (χ3n) is 2.96. The normalized spacial score (nSPS) is 11.0. The molecule has 1 aromatic carbocycles. The molecule has 5 nitrogen and oxygen atoms in total. The van der Waals surface area contributed by atoms with Crippen molar-refractivity contribution < 1.29 is 9.15 Å². The Hall–Kier alpha value is -1.88. The van der Waals surface area contributed by atoms with Crippen LogP contribution < -0.4 is 10.1 Å². The first-order valence-electron chi connectivity index (χ1n) is 6.86. The Bertz CT molecular complexity index is 537. The molecule has 0 unspecified atom stereocenters. The molecule has 1 heterocycles. The SMILES string of the molecule is COc1cccc(-c2nnc(CNCCC(C)C)o2)c1. The molecular weight excluding hydrogens is 254 g/mol. The van der Waals surface area contributed by atoms with Gasteiger partial charge in [0.1, 0.15) is 5.75 Å². The summed E-state index contributed by atoms with van der Waals surface area (Å²) in [5, 5.41) is 11.4. The van der Waals surface area contributed by atoms with E-state index in [0.29, 0.717) is 24.2 Å². The summed E-state index contributed by atoms with van der Waals surface area (Å²) >= 11 is 0. The van der Waals surface area contributed by atoms with Gasteiger partial charge in [0.15, 0.2) is 0 Å². The van der Waals surface area contributed by atoms with Crippen molar-refractivity contribution in [3.8, 4) is 17.2 Å². The van der Waals surface area contributed by atoms with Crippen LogP contribution in [-0.2, 0) is 6.54 Å². The molecule has 0 radical (unpaired) electrons. The van der Waals surface area contributed by atoms with Crippen molar-refractivity contribution >= 4 is 0 Å². The molecule has 0 aliphatic rings. The minimum Gasteiger partial charge on any atom is -0.497 e. The molecule has 1 N–H and O–H groups in total. The largest absolute Gasteiger partial charge is 0.497 e. The Morgan fingerprint density at radius 2 is 2.15 bits per heavy atom. The van der Waals surface area contributed by atoms with Crippen LogP contribution in [-0.4, -0.2) is 23.9 Å². The van der Waals surface area contributed by atoms with Crippen LogP contribution in [0.3, 0.4) is 0 Å². The molecule has 0 spiro atoms. The number of ether oxygens (including phenoxy) is 1. The number of nitrogens with zero attached hydrogens (tertiary/aromatic N) is 2. The number of methoxy groups -OCH3 is 1. The fourth-order valence-corrected chi connectivity index (χ4v) is 1.78. The summed E-state index contributed by atoms with van der Waals surface area (Å²) in [6.45, 7) is 5.96. The van der Waals surface area contributed by atoms with Gasteiger partial charge in [-0.25, -0.2) is 0 Å². The van der Waals surface area contributed by atoms with Crippen molar-refractivity contribution in [3.05, 3.63) is 30.2 Å². The molecule has 0 amide bonds. The zero-order chi connectivity index (χ0) is 14.4. The zero-order valence-corrected chi connectivity index (χ0v) is 12.2. The van der Waals surface area contributed by atoms with Gasteiger partial charge in [-0.05, 0) is 37.1 Å². The van der Waals surface area contributed by atoms with Crippen LogP contribution in [0.5, 0.6) is 5.75 Å². The summed E-state index contributed by atoms with van der Waals surface area (Å²) in [5.74, 6) is 2.59. The molecule has 0 saturated heterocycles. The molecule has 2 rings (SSSR count). The smallest absolute Gasteiger partial charge is 0.247 e. The van der Waals surface area contributed by atoms with Crippen LogP contribution in [0.15, 0.2) is 28.7 Å². The highest BCUT2D eigenvalue weighted by Gasteiger charge is 2.09. The lowest BCUT2D eigenvalue weighted by atomic mass is 10.1. The molecular formula is C15H21N3O2. The molecule has 20 heavy (non-hydrogen) atoms. The van der Waals surface area contributed by atoms with E-state index in [1.54, 1.807) is 7.11 Å². The van der Waals surface area contributed by atoms with Gasteiger partial charge < -0.3 is 14.5 Å². The minimum atomic E-state index is 0.518. The molecule has 1 aromatic heterocycles. The lowest BCUT2D eigenvalue weighted by Gasteiger charge is -2.04. The summed E-state index contributed by atoms with van der Waals surface area (Å²) < 4.78 is 10.8. The quantitative estimate of drug-likeness (QED) is 0.787. The summed E-state index contributed by atoms with van der Waals surface area (Å²) in [4.78, 5) is 0. The van der Waals surface area contributed by atoms with E-state index in [0.717, 1.165) is 24.3 Å². The number of nitrogens with one attached hydrogen (secondary N) is 1. The number of benzene rings is 1. The lowest BCUT2D eigenvalue weighted by molar-refractivity contribution is 0.414. The average Bonchev–Trinajstić information content (AvgIpc) is 2.92. The molecule has 0 aliphatic carbocycles. The number of rotatable bonds is 7. The van der Waals surface area contributed by atoms with Crippen LogP contribution in [0.4, 0.5) is 0 Å². The first kappa shape index (κ1) is 14.5. The van der Waals surface area contributed by atoms with Crippen molar-refractivity contribution in [1.82, 2.24) is 15.5 Å². The molecule has 108 valence electrons. The summed E-state index contributed by atoms with van der Waals surface area (Å²) in [6.07, 6.45) is 1.14. The van der Waals surface area contributed by atoms with Crippen LogP contribution in [0.1, 0.15) is 26.2 Å². The third kappa shape index (κ3) is 4.06. The number of aromatic nitrogens is 2. The van der Waals surface area contributed by atoms with Crippen LogP contribution >= 0.6 is 0 Å². The van der Waals surface area contributed by atoms with Crippen molar-refractivity contribution in [2.75, 3.05) is 13.7 Å². The van der Waals surface area contributed by atoms with Gasteiger partial charge in [0.2, 0.25) is 11.8 Å². The van der Waals surface area contributed by atoms with Crippen molar-refractivity contribution in [2.24, 2.45) is 5.92 Å². The highest BCUT2D eigenvalue weighted by molar-refractivity contribution is 5.55. The Labute approximate surface area is 119 Å². The topological polar surface area (TPSA) is 60.2 Å². The van der Waals surface area contributed by atoms with Gasteiger partial charge in [-0.15, -0.1) is 10.2 Å².